The summed E-state index contributed by atoms with van der Waals surface area (Å²) in [5.41, 5.74) is 1.37. The van der Waals surface area contributed by atoms with Crippen LogP contribution < -0.4 is 14.8 Å². The van der Waals surface area contributed by atoms with Crippen LogP contribution in [0.25, 0.3) is 0 Å². The van der Waals surface area contributed by atoms with Crippen molar-refractivity contribution in [1.82, 2.24) is 5.32 Å². The van der Waals surface area contributed by atoms with Gasteiger partial charge in [-0.2, -0.15) is 0 Å². The second-order valence-corrected chi connectivity index (χ2v) is 4.89. The molecule has 0 fully saturated rings. The Morgan fingerprint density at radius 1 is 0.957 bits per heavy atom. The molecule has 5 nitrogen and oxygen atoms in total. The fourth-order valence-corrected chi connectivity index (χ4v) is 2.16. The summed E-state index contributed by atoms with van der Waals surface area (Å²) in [7, 11) is 3.15. The fraction of sp³-hybridized carbons (Fsp3) is 0.222. The van der Waals surface area contributed by atoms with Gasteiger partial charge in [-0.15, -0.1) is 0 Å². The summed E-state index contributed by atoms with van der Waals surface area (Å²) >= 11 is 0. The maximum absolute atomic E-state index is 11.9. The van der Waals surface area contributed by atoms with Crippen LogP contribution in [0.2, 0.25) is 0 Å². The molecule has 5 heteroatoms. The molecule has 0 atom stereocenters. The Labute approximate surface area is 135 Å². The van der Waals surface area contributed by atoms with Crippen LogP contribution in [0.3, 0.4) is 0 Å². The number of ketones is 1. The zero-order valence-corrected chi connectivity index (χ0v) is 13.2. The summed E-state index contributed by atoms with van der Waals surface area (Å²) in [5.74, 6) is 0.158. The Hall–Kier alpha value is -2.82. The van der Waals surface area contributed by atoms with Crippen molar-refractivity contribution in [2.45, 2.75) is 6.42 Å². The van der Waals surface area contributed by atoms with E-state index in [0.717, 1.165) is 5.56 Å². The van der Waals surface area contributed by atoms with Gasteiger partial charge in [0.2, 0.25) is 5.78 Å². The topological polar surface area (TPSA) is 64.6 Å². The third kappa shape index (κ3) is 4.32. The van der Waals surface area contributed by atoms with Crippen LogP contribution in [0.5, 0.6) is 11.5 Å². The normalized spacial score (nSPS) is 10.0. The average molecular weight is 313 g/mol. The number of rotatable bonds is 7. The molecule has 2 aromatic rings. The summed E-state index contributed by atoms with van der Waals surface area (Å²) in [6.45, 7) is 0.368. The summed E-state index contributed by atoms with van der Waals surface area (Å²) in [6, 6.07) is 14.0. The third-order valence-corrected chi connectivity index (χ3v) is 3.39. The molecule has 0 bridgehead atoms. The maximum atomic E-state index is 11.9. The molecule has 0 heterocycles. The number of nitrogens with one attached hydrogen (secondary N) is 1. The van der Waals surface area contributed by atoms with Crippen molar-refractivity contribution in [1.29, 1.82) is 0 Å². The van der Waals surface area contributed by atoms with Gasteiger partial charge < -0.3 is 14.8 Å². The lowest BCUT2D eigenvalue weighted by Crippen LogP contribution is -2.32. The number of carbonyl (C=O) groups is 2. The molecular weight excluding hydrogens is 294 g/mol. The highest BCUT2D eigenvalue weighted by Gasteiger charge is 2.15. The van der Waals surface area contributed by atoms with E-state index in [1.165, 1.54) is 0 Å². The Morgan fingerprint density at radius 2 is 1.65 bits per heavy atom. The van der Waals surface area contributed by atoms with Crippen LogP contribution >= 0.6 is 0 Å². The van der Waals surface area contributed by atoms with Gasteiger partial charge in [0.25, 0.3) is 5.91 Å². The van der Waals surface area contributed by atoms with Gasteiger partial charge in [0.1, 0.15) is 0 Å². The highest BCUT2D eigenvalue weighted by molar-refractivity contribution is 6.42. The zero-order chi connectivity index (χ0) is 16.7. The van der Waals surface area contributed by atoms with Crippen LogP contribution in [-0.4, -0.2) is 32.5 Å². The molecule has 2 rings (SSSR count). The van der Waals surface area contributed by atoms with Crippen molar-refractivity contribution in [2.24, 2.45) is 0 Å². The molecule has 0 saturated heterocycles. The molecule has 0 aliphatic heterocycles. The first-order valence-corrected chi connectivity index (χ1v) is 7.24. The first-order valence-electron chi connectivity index (χ1n) is 7.24. The van der Waals surface area contributed by atoms with E-state index in [9.17, 15) is 9.59 Å². The molecule has 23 heavy (non-hydrogen) atoms. The second-order valence-electron chi connectivity index (χ2n) is 4.89. The smallest absolute Gasteiger partial charge is 0.292 e. The lowest BCUT2D eigenvalue weighted by atomic mass is 10.1. The predicted molar refractivity (Wildman–Crippen MR) is 87.0 cm³/mol. The van der Waals surface area contributed by atoms with Gasteiger partial charge >= 0.3 is 0 Å². The molecule has 0 unspecified atom stereocenters. The molecule has 0 aliphatic rings. The highest BCUT2D eigenvalue weighted by Crippen LogP contribution is 2.27. The quantitative estimate of drug-likeness (QED) is 0.629. The number of carbonyl (C=O) groups excluding carboxylic acids is 2. The Kier molecular flexibility index (Phi) is 5.74. The number of ether oxygens (including phenoxy) is 2. The average Bonchev–Trinajstić information content (AvgIpc) is 2.61. The van der Waals surface area contributed by atoms with E-state index in [0.29, 0.717) is 30.0 Å². The monoisotopic (exact) mass is 313 g/mol. The van der Waals surface area contributed by atoms with Crippen molar-refractivity contribution in [2.75, 3.05) is 20.8 Å². The lowest BCUT2D eigenvalue weighted by molar-refractivity contribution is -0.116. The summed E-state index contributed by atoms with van der Waals surface area (Å²) in [6.07, 6.45) is 0.591. The van der Waals surface area contributed by atoms with Crippen LogP contribution in [0.15, 0.2) is 48.5 Å². The van der Waals surface area contributed by atoms with Crippen molar-refractivity contribution in [3.8, 4) is 11.5 Å². The minimum absolute atomic E-state index is 0.368. The van der Waals surface area contributed by atoms with E-state index in [1.54, 1.807) is 44.6 Å². The van der Waals surface area contributed by atoms with Gasteiger partial charge in [0, 0.05) is 12.1 Å². The van der Waals surface area contributed by atoms with Gasteiger partial charge in [-0.1, -0.05) is 36.4 Å². The van der Waals surface area contributed by atoms with Crippen molar-refractivity contribution < 1.29 is 19.1 Å². The van der Waals surface area contributed by atoms with Crippen molar-refractivity contribution >= 4 is 11.7 Å². The number of methoxy groups -OCH3 is 2. The number of hydrogen-bond acceptors (Lipinski definition) is 4. The first kappa shape index (κ1) is 16.5. The SMILES string of the molecule is COc1ccc(CCNC(=O)C(=O)c2ccccc2)cc1OC. The molecule has 0 aromatic heterocycles. The fourth-order valence-electron chi connectivity index (χ4n) is 2.16. The number of benzene rings is 2. The Morgan fingerprint density at radius 3 is 2.30 bits per heavy atom. The minimum Gasteiger partial charge on any atom is -0.493 e. The molecular formula is C18H19NO4. The minimum atomic E-state index is -0.600. The maximum Gasteiger partial charge on any atom is 0.292 e. The van der Waals surface area contributed by atoms with Crippen LogP contribution in [0.1, 0.15) is 15.9 Å². The summed E-state index contributed by atoms with van der Waals surface area (Å²) < 4.78 is 10.4. The number of amides is 1. The van der Waals surface area contributed by atoms with E-state index in [1.807, 2.05) is 18.2 Å². The van der Waals surface area contributed by atoms with E-state index in [4.69, 9.17) is 9.47 Å². The van der Waals surface area contributed by atoms with Gasteiger partial charge in [0.05, 0.1) is 14.2 Å². The molecule has 120 valence electrons. The van der Waals surface area contributed by atoms with Gasteiger partial charge in [0.15, 0.2) is 11.5 Å². The Bertz CT molecular complexity index is 683. The summed E-state index contributed by atoms with van der Waals surface area (Å²) in [5, 5.41) is 2.63. The van der Waals surface area contributed by atoms with Gasteiger partial charge in [-0.3, -0.25) is 9.59 Å². The zero-order valence-electron chi connectivity index (χ0n) is 13.2. The predicted octanol–water partition coefficient (Wildman–Crippen LogP) is 2.25. The molecule has 0 radical (unpaired) electrons. The van der Waals surface area contributed by atoms with E-state index < -0.39 is 11.7 Å². The standard InChI is InChI=1S/C18H19NO4/c1-22-15-9-8-13(12-16(15)23-2)10-11-19-18(21)17(20)14-6-4-3-5-7-14/h3-9,12H,10-11H2,1-2H3,(H,19,21). The second kappa shape index (κ2) is 7.98. The van der Waals surface area contributed by atoms with E-state index in [2.05, 4.69) is 5.32 Å². The van der Waals surface area contributed by atoms with Crippen LogP contribution in [-0.2, 0) is 11.2 Å². The Balaban J connectivity index is 1.90. The largest absolute Gasteiger partial charge is 0.493 e. The van der Waals surface area contributed by atoms with Gasteiger partial charge in [-0.25, -0.2) is 0 Å². The molecule has 0 saturated carbocycles. The van der Waals surface area contributed by atoms with E-state index >= 15 is 0 Å². The van der Waals surface area contributed by atoms with E-state index in [-0.39, 0.29) is 0 Å². The molecule has 2 aromatic carbocycles. The third-order valence-electron chi connectivity index (χ3n) is 3.39. The molecule has 0 spiro atoms. The van der Waals surface area contributed by atoms with Crippen molar-refractivity contribution in [3.63, 3.8) is 0 Å². The molecule has 1 amide bonds. The van der Waals surface area contributed by atoms with Crippen LogP contribution in [0.4, 0.5) is 0 Å². The molecule has 0 aliphatic carbocycles. The van der Waals surface area contributed by atoms with Crippen molar-refractivity contribution in [3.05, 3.63) is 59.7 Å². The number of Topliss-reactive ketones (excluding diaryl/α,β-unsaturated/α-hetero) is 1. The van der Waals surface area contributed by atoms with Gasteiger partial charge in [-0.05, 0) is 24.1 Å². The first-order chi connectivity index (χ1) is 11.2. The summed E-state index contributed by atoms with van der Waals surface area (Å²) in [4.78, 5) is 23.8. The highest BCUT2D eigenvalue weighted by atomic mass is 16.5. The number of hydrogen-bond donors (Lipinski definition) is 1. The molecule has 1 N–H and O–H groups in total. The van der Waals surface area contributed by atoms with Crippen LogP contribution in [0, 0.1) is 0 Å². The lowest BCUT2D eigenvalue weighted by Gasteiger charge is -2.10.